The van der Waals surface area contributed by atoms with Gasteiger partial charge in [-0.05, 0) is 19.9 Å². The molecule has 0 amide bonds. The molecule has 0 aromatic carbocycles. The highest BCUT2D eigenvalue weighted by molar-refractivity contribution is 7.18. The van der Waals surface area contributed by atoms with Crippen LogP contribution in [-0.2, 0) is 6.54 Å². The second-order valence-electron chi connectivity index (χ2n) is 4.32. The van der Waals surface area contributed by atoms with Crippen LogP contribution >= 0.6 is 22.7 Å². The molecule has 0 saturated carbocycles. The first-order valence-corrected chi connectivity index (χ1v) is 8.09. The summed E-state index contributed by atoms with van der Waals surface area (Å²) < 4.78 is 0. The predicted molar refractivity (Wildman–Crippen MR) is 85.8 cm³/mol. The highest BCUT2D eigenvalue weighted by atomic mass is 32.1. The number of fused-ring (bicyclic) bond motifs is 1. The molecule has 0 bridgehead atoms. The molecule has 0 aliphatic heterocycles. The van der Waals surface area contributed by atoms with Gasteiger partial charge in [0.05, 0.1) is 17.4 Å². The second-order valence-corrected chi connectivity index (χ2v) is 6.53. The number of aryl methyl sites for hydroxylation is 1. The van der Waals surface area contributed by atoms with Gasteiger partial charge in [0.15, 0.2) is 0 Å². The van der Waals surface area contributed by atoms with E-state index in [1.54, 1.807) is 22.7 Å². The Bertz CT molecular complexity index is 705. The number of aromatic nitrogens is 3. The van der Waals surface area contributed by atoms with E-state index >= 15 is 0 Å². The molecule has 2 N–H and O–H groups in total. The molecule has 0 radical (unpaired) electrons. The number of nitrogens with zero attached hydrogens (tertiary/aromatic N) is 3. The number of hydrogen-bond acceptors (Lipinski definition) is 7. The van der Waals surface area contributed by atoms with Crippen LogP contribution < -0.4 is 10.6 Å². The fraction of sp³-hybridized carbons (Fsp3) is 0.308. The third kappa shape index (κ3) is 2.73. The maximum atomic E-state index is 4.56. The third-order valence-corrected chi connectivity index (χ3v) is 4.49. The van der Waals surface area contributed by atoms with Crippen LogP contribution in [0.25, 0.3) is 10.2 Å². The van der Waals surface area contributed by atoms with Gasteiger partial charge in [-0.3, -0.25) is 4.98 Å². The maximum Gasteiger partial charge on any atom is 0.226 e. The van der Waals surface area contributed by atoms with Crippen molar-refractivity contribution in [2.24, 2.45) is 0 Å². The van der Waals surface area contributed by atoms with Gasteiger partial charge in [0, 0.05) is 22.5 Å². The van der Waals surface area contributed by atoms with Crippen molar-refractivity contribution in [3.8, 4) is 0 Å². The number of nitrogens with one attached hydrogen (secondary N) is 2. The van der Waals surface area contributed by atoms with E-state index in [2.05, 4.69) is 38.6 Å². The van der Waals surface area contributed by atoms with E-state index in [4.69, 9.17) is 0 Å². The van der Waals surface area contributed by atoms with Gasteiger partial charge in [-0.1, -0.05) is 0 Å². The predicted octanol–water partition coefficient (Wildman–Crippen LogP) is 3.50. The van der Waals surface area contributed by atoms with Crippen LogP contribution in [0, 0.1) is 6.92 Å². The number of rotatable bonds is 5. The van der Waals surface area contributed by atoms with Crippen molar-refractivity contribution in [1.82, 2.24) is 15.0 Å². The minimum absolute atomic E-state index is 0.675. The lowest BCUT2D eigenvalue weighted by atomic mass is 10.3. The Balaban J connectivity index is 1.93. The molecule has 3 rings (SSSR count). The smallest absolute Gasteiger partial charge is 0.226 e. The van der Waals surface area contributed by atoms with Crippen molar-refractivity contribution in [3.63, 3.8) is 0 Å². The normalized spacial score (nSPS) is 10.9. The Morgan fingerprint density at radius 3 is 2.90 bits per heavy atom. The Kier molecular flexibility index (Phi) is 3.79. The van der Waals surface area contributed by atoms with Crippen molar-refractivity contribution >= 4 is 44.7 Å². The minimum Gasteiger partial charge on any atom is -0.364 e. The monoisotopic (exact) mass is 305 g/mol. The van der Waals surface area contributed by atoms with Crippen molar-refractivity contribution in [2.75, 3.05) is 17.2 Å². The molecular weight excluding hydrogens is 290 g/mol. The summed E-state index contributed by atoms with van der Waals surface area (Å²) in [5, 5.41) is 7.65. The zero-order valence-electron chi connectivity index (χ0n) is 11.3. The largest absolute Gasteiger partial charge is 0.364 e. The van der Waals surface area contributed by atoms with Crippen LogP contribution in [0.3, 0.4) is 0 Å². The summed E-state index contributed by atoms with van der Waals surface area (Å²) in [7, 11) is 0. The Morgan fingerprint density at radius 2 is 2.15 bits per heavy atom. The summed E-state index contributed by atoms with van der Waals surface area (Å²) in [4.78, 5) is 16.6. The molecule has 20 heavy (non-hydrogen) atoms. The van der Waals surface area contributed by atoms with Crippen molar-refractivity contribution in [2.45, 2.75) is 20.4 Å². The quantitative estimate of drug-likeness (QED) is 0.755. The van der Waals surface area contributed by atoms with Gasteiger partial charge in [0.2, 0.25) is 5.95 Å². The fourth-order valence-electron chi connectivity index (χ4n) is 1.91. The lowest BCUT2D eigenvalue weighted by Gasteiger charge is -2.08. The molecule has 3 aromatic heterocycles. The average Bonchev–Trinajstić information content (AvgIpc) is 3.04. The second kappa shape index (κ2) is 5.72. The van der Waals surface area contributed by atoms with Crippen LogP contribution in [0.2, 0.25) is 0 Å². The molecular formula is C13H15N5S2. The van der Waals surface area contributed by atoms with E-state index in [0.717, 1.165) is 29.1 Å². The Hall–Kier alpha value is -1.73. The van der Waals surface area contributed by atoms with Gasteiger partial charge >= 0.3 is 0 Å². The number of hydrogen-bond donors (Lipinski definition) is 2. The summed E-state index contributed by atoms with van der Waals surface area (Å²) in [6, 6.07) is 2.13. The molecule has 3 heterocycles. The van der Waals surface area contributed by atoms with Gasteiger partial charge in [0.25, 0.3) is 0 Å². The molecule has 0 fully saturated rings. The molecule has 0 aliphatic carbocycles. The maximum absolute atomic E-state index is 4.56. The first kappa shape index (κ1) is 13.3. The first-order chi connectivity index (χ1) is 9.76. The zero-order chi connectivity index (χ0) is 13.9. The number of thiophene rings is 1. The van der Waals surface area contributed by atoms with E-state index in [-0.39, 0.29) is 0 Å². The van der Waals surface area contributed by atoms with Crippen molar-refractivity contribution < 1.29 is 0 Å². The molecule has 7 heteroatoms. The van der Waals surface area contributed by atoms with Crippen molar-refractivity contribution in [1.29, 1.82) is 0 Å². The van der Waals surface area contributed by atoms with Crippen LogP contribution in [0.15, 0.2) is 17.8 Å². The zero-order valence-corrected chi connectivity index (χ0v) is 12.9. The molecule has 0 saturated heterocycles. The lowest BCUT2D eigenvalue weighted by Crippen LogP contribution is -2.06. The molecule has 3 aromatic rings. The Labute approximate surface area is 125 Å². The van der Waals surface area contributed by atoms with E-state index in [9.17, 15) is 0 Å². The van der Waals surface area contributed by atoms with E-state index in [1.165, 1.54) is 9.75 Å². The van der Waals surface area contributed by atoms with Gasteiger partial charge < -0.3 is 10.6 Å². The van der Waals surface area contributed by atoms with Crippen LogP contribution in [0.4, 0.5) is 11.8 Å². The SMILES string of the molecule is CCNc1nc(NCc2cncs2)c2cc(C)sc2n1. The fourth-order valence-corrected chi connectivity index (χ4v) is 3.33. The summed E-state index contributed by atoms with van der Waals surface area (Å²) >= 11 is 3.33. The number of thiazole rings is 1. The molecule has 5 nitrogen and oxygen atoms in total. The topological polar surface area (TPSA) is 62.7 Å². The molecule has 0 unspecified atom stereocenters. The minimum atomic E-state index is 0.675. The summed E-state index contributed by atoms with van der Waals surface area (Å²) in [6.45, 7) is 5.67. The molecule has 0 spiro atoms. The third-order valence-electron chi connectivity index (χ3n) is 2.76. The van der Waals surface area contributed by atoms with E-state index < -0.39 is 0 Å². The first-order valence-electron chi connectivity index (χ1n) is 6.39. The van der Waals surface area contributed by atoms with E-state index in [1.807, 2.05) is 18.6 Å². The number of anilines is 2. The summed E-state index contributed by atoms with van der Waals surface area (Å²) in [5.41, 5.74) is 1.84. The Morgan fingerprint density at radius 1 is 1.25 bits per heavy atom. The lowest BCUT2D eigenvalue weighted by molar-refractivity contribution is 1.08. The van der Waals surface area contributed by atoms with Gasteiger partial charge in [0.1, 0.15) is 10.6 Å². The highest BCUT2D eigenvalue weighted by Crippen LogP contribution is 2.29. The van der Waals surface area contributed by atoms with Crippen LogP contribution in [0.1, 0.15) is 16.7 Å². The average molecular weight is 305 g/mol. The van der Waals surface area contributed by atoms with Crippen molar-refractivity contribution in [3.05, 3.63) is 27.5 Å². The summed E-state index contributed by atoms with van der Waals surface area (Å²) in [5.74, 6) is 1.55. The highest BCUT2D eigenvalue weighted by Gasteiger charge is 2.10. The summed E-state index contributed by atoms with van der Waals surface area (Å²) in [6.07, 6.45) is 1.88. The van der Waals surface area contributed by atoms with Gasteiger partial charge in [-0.2, -0.15) is 4.98 Å². The van der Waals surface area contributed by atoms with E-state index in [0.29, 0.717) is 5.95 Å². The standard InChI is InChI=1S/C13H15N5S2/c1-3-15-13-17-11(16-6-9-5-14-7-19-9)10-4-8(2)20-12(10)18-13/h4-5,7H,3,6H2,1-2H3,(H2,15,16,17,18). The van der Waals surface area contributed by atoms with Gasteiger partial charge in [-0.15, -0.1) is 22.7 Å². The molecule has 0 atom stereocenters. The van der Waals surface area contributed by atoms with Crippen LogP contribution in [0.5, 0.6) is 0 Å². The van der Waals surface area contributed by atoms with Crippen LogP contribution in [-0.4, -0.2) is 21.5 Å². The van der Waals surface area contributed by atoms with Gasteiger partial charge in [-0.25, -0.2) is 4.98 Å². The molecule has 0 aliphatic rings. The molecule has 104 valence electrons.